The van der Waals surface area contributed by atoms with Crippen molar-refractivity contribution in [2.45, 2.75) is 101 Å². The van der Waals surface area contributed by atoms with Gasteiger partial charge < -0.3 is 10.2 Å². The largest absolute Gasteiger partial charge is 0.394 e. The smallest absolute Gasteiger partial charge is 0.388 e. The molecule has 296 valence electrons. The van der Waals surface area contributed by atoms with Gasteiger partial charge in [0.1, 0.15) is 0 Å². The topological polar surface area (TPSA) is 156 Å². The van der Waals surface area contributed by atoms with Gasteiger partial charge in [-0.3, -0.25) is 28.5 Å². The average molecular weight is 773 g/mol. The van der Waals surface area contributed by atoms with E-state index in [2.05, 4.69) is 23.9 Å². The van der Waals surface area contributed by atoms with E-state index >= 15 is 0 Å². The van der Waals surface area contributed by atoms with Crippen molar-refractivity contribution in [2.24, 2.45) is 0 Å². The highest BCUT2D eigenvalue weighted by molar-refractivity contribution is 7.79. The predicted molar refractivity (Wildman–Crippen MR) is 215 cm³/mol. The lowest BCUT2D eigenvalue weighted by Gasteiger charge is -2.40. The summed E-state index contributed by atoms with van der Waals surface area (Å²) >= 11 is 0. The molecule has 55 heavy (non-hydrogen) atoms. The van der Waals surface area contributed by atoms with Crippen LogP contribution in [0.4, 0.5) is 0 Å². The maximum absolute atomic E-state index is 12.5. The summed E-state index contributed by atoms with van der Waals surface area (Å²) in [6.45, 7) is 0. The molecule has 4 aromatic rings. The first-order valence-corrected chi connectivity index (χ1v) is 20.5. The number of likely N-dealkylation sites (tertiary alicyclic amines) is 2. The molecule has 2 fully saturated rings. The van der Waals surface area contributed by atoms with Crippen LogP contribution in [0.5, 0.6) is 0 Å². The van der Waals surface area contributed by atoms with Gasteiger partial charge in [0.2, 0.25) is 0 Å². The molecular formula is C44H56N2O8S. The van der Waals surface area contributed by atoms with Gasteiger partial charge in [0.25, 0.3) is 0 Å². The van der Waals surface area contributed by atoms with E-state index in [0.717, 1.165) is 73.6 Å². The summed E-state index contributed by atoms with van der Waals surface area (Å²) < 4.78 is 31.6. The highest BCUT2D eigenvalue weighted by Crippen LogP contribution is 2.32. The van der Waals surface area contributed by atoms with E-state index in [0.29, 0.717) is 24.9 Å². The van der Waals surface area contributed by atoms with E-state index in [1.807, 2.05) is 121 Å². The Labute approximate surface area is 326 Å². The van der Waals surface area contributed by atoms with E-state index in [-0.39, 0.29) is 23.7 Å². The van der Waals surface area contributed by atoms with Crippen molar-refractivity contribution in [1.29, 1.82) is 0 Å². The van der Waals surface area contributed by atoms with Gasteiger partial charge in [-0.1, -0.05) is 134 Å². The van der Waals surface area contributed by atoms with Crippen molar-refractivity contribution in [1.82, 2.24) is 9.80 Å². The number of carbonyl (C=O) groups excluding carboxylic acids is 2. The van der Waals surface area contributed by atoms with Crippen molar-refractivity contribution in [3.8, 4) is 0 Å². The van der Waals surface area contributed by atoms with Gasteiger partial charge in [-0.15, -0.1) is 0 Å². The van der Waals surface area contributed by atoms with Crippen LogP contribution in [-0.2, 0) is 10.4 Å². The van der Waals surface area contributed by atoms with E-state index < -0.39 is 22.6 Å². The summed E-state index contributed by atoms with van der Waals surface area (Å²) in [5.41, 5.74) is 3.53. The molecule has 4 N–H and O–H groups in total. The van der Waals surface area contributed by atoms with Gasteiger partial charge >= 0.3 is 10.4 Å². The Morgan fingerprint density at radius 1 is 0.545 bits per heavy atom. The van der Waals surface area contributed by atoms with Crippen LogP contribution < -0.4 is 0 Å². The Hall–Kier alpha value is -4.07. The SMILES string of the molecule is CN1C(CC(=O)c2ccccc2)CCCC1C[C@H](O)c1ccccc1.CN1C(CC(=O)c2ccccc2)CCCC1C[C@H](O)c1ccccc1.O=S(=O)(O)O. The number of benzene rings is 4. The molecule has 0 amide bonds. The third-order valence-corrected chi connectivity index (χ3v) is 10.8. The number of hydrogen-bond donors (Lipinski definition) is 4. The monoisotopic (exact) mass is 772 g/mol. The molecule has 0 saturated carbocycles. The molecule has 6 atom stereocenters. The number of carbonyl (C=O) groups is 2. The predicted octanol–water partition coefficient (Wildman–Crippen LogP) is 7.82. The number of nitrogens with zero attached hydrogens (tertiary/aromatic N) is 2. The van der Waals surface area contributed by atoms with Crippen LogP contribution in [0.15, 0.2) is 121 Å². The standard InChI is InChI=1S/2C22H27NO2.H2O4S/c2*1-23-19(15-21(24)17-9-4-2-5-10-17)13-8-14-20(23)16-22(25)18-11-6-3-7-12-18;1-5(2,3)4/h2*2-7,9-12,19-21,24H,8,13-16H2,1H3;(H2,1,2,3,4)/t2*19?,20?,21-;/m00./s1. The van der Waals surface area contributed by atoms with Crippen molar-refractivity contribution in [2.75, 3.05) is 14.1 Å². The second-order valence-corrected chi connectivity index (χ2v) is 15.5. The quantitative estimate of drug-likeness (QED) is 0.0828. The third kappa shape index (κ3) is 14.8. The summed E-state index contributed by atoms with van der Waals surface area (Å²) in [5.74, 6) is 0.420. The number of aliphatic hydroxyl groups excluding tert-OH is 2. The molecule has 0 aromatic heterocycles. The lowest BCUT2D eigenvalue weighted by Crippen LogP contribution is -2.45. The van der Waals surface area contributed by atoms with Gasteiger partial charge in [-0.25, -0.2) is 0 Å². The first-order chi connectivity index (χ1) is 26.3. The minimum absolute atomic E-state index is 0.210. The van der Waals surface area contributed by atoms with Crippen molar-refractivity contribution >= 4 is 22.0 Å². The number of hydrogen-bond acceptors (Lipinski definition) is 8. The fourth-order valence-electron chi connectivity index (χ4n) is 7.70. The highest BCUT2D eigenvalue weighted by Gasteiger charge is 2.32. The normalized spacial score (nSPS) is 21.5. The van der Waals surface area contributed by atoms with E-state index in [4.69, 9.17) is 17.5 Å². The Balaban J connectivity index is 0.000000218. The molecule has 2 heterocycles. The molecule has 4 unspecified atom stereocenters. The van der Waals surface area contributed by atoms with Crippen LogP contribution in [0.2, 0.25) is 0 Å². The second kappa shape index (κ2) is 21.9. The maximum Gasteiger partial charge on any atom is 0.394 e. The van der Waals surface area contributed by atoms with Crippen molar-refractivity contribution in [3.63, 3.8) is 0 Å². The Morgan fingerprint density at radius 3 is 1.13 bits per heavy atom. The van der Waals surface area contributed by atoms with Gasteiger partial charge in [0.15, 0.2) is 11.6 Å². The number of aliphatic hydroxyl groups is 2. The first-order valence-electron chi connectivity index (χ1n) is 19.1. The summed E-state index contributed by atoms with van der Waals surface area (Å²) in [5, 5.41) is 21.1. The van der Waals surface area contributed by atoms with Crippen molar-refractivity contribution in [3.05, 3.63) is 144 Å². The maximum atomic E-state index is 12.5. The highest BCUT2D eigenvalue weighted by atomic mass is 32.3. The summed E-state index contributed by atoms with van der Waals surface area (Å²) in [6.07, 6.45) is 8.14. The van der Waals surface area contributed by atoms with Crippen LogP contribution in [-0.4, -0.2) is 87.4 Å². The number of ketones is 2. The van der Waals surface area contributed by atoms with Gasteiger partial charge in [0.05, 0.1) is 12.2 Å². The van der Waals surface area contributed by atoms with E-state index in [1.54, 1.807) is 0 Å². The second-order valence-electron chi connectivity index (χ2n) is 14.6. The summed E-state index contributed by atoms with van der Waals surface area (Å²) in [4.78, 5) is 29.7. The molecule has 2 saturated heterocycles. The molecule has 0 bridgehead atoms. The minimum atomic E-state index is -4.67. The van der Waals surface area contributed by atoms with Crippen LogP contribution >= 0.6 is 0 Å². The molecule has 4 aromatic carbocycles. The van der Waals surface area contributed by atoms with Gasteiger partial charge in [0, 0.05) is 48.1 Å². The molecule has 0 aliphatic carbocycles. The lowest BCUT2D eigenvalue weighted by molar-refractivity contribution is 0.0543. The molecular weight excluding hydrogens is 717 g/mol. The number of rotatable bonds is 12. The minimum Gasteiger partial charge on any atom is -0.388 e. The molecule has 0 radical (unpaired) electrons. The van der Waals surface area contributed by atoms with Crippen molar-refractivity contribution < 1.29 is 37.3 Å². The Kier molecular flexibility index (Phi) is 17.4. The molecule has 2 aliphatic rings. The number of Topliss-reactive ketones (excluding diaryl/α,β-unsaturated/α-hetero) is 2. The molecule has 6 rings (SSSR count). The zero-order chi connectivity index (χ0) is 39.8. The molecule has 11 heteroatoms. The summed E-state index contributed by atoms with van der Waals surface area (Å²) in [7, 11) is -0.463. The van der Waals surface area contributed by atoms with Crippen LogP contribution in [0.25, 0.3) is 0 Å². The first kappa shape index (κ1) is 43.7. The third-order valence-electron chi connectivity index (χ3n) is 10.8. The zero-order valence-electron chi connectivity index (χ0n) is 31.8. The molecule has 0 spiro atoms. The van der Waals surface area contributed by atoms with Gasteiger partial charge in [-0.05, 0) is 63.7 Å². The number of piperidine rings is 2. The fourth-order valence-corrected chi connectivity index (χ4v) is 7.70. The van der Waals surface area contributed by atoms with Crippen LogP contribution in [0.3, 0.4) is 0 Å². The fraction of sp³-hybridized carbons (Fsp3) is 0.409. The van der Waals surface area contributed by atoms with E-state index in [1.165, 1.54) is 0 Å². The molecule has 10 nitrogen and oxygen atoms in total. The zero-order valence-corrected chi connectivity index (χ0v) is 32.6. The average Bonchev–Trinajstić information content (AvgIpc) is 3.19. The summed E-state index contributed by atoms with van der Waals surface area (Å²) in [6, 6.07) is 39.9. The lowest BCUT2D eigenvalue weighted by atomic mass is 9.88. The Bertz CT molecular complexity index is 1700. The Morgan fingerprint density at radius 2 is 0.818 bits per heavy atom. The van der Waals surface area contributed by atoms with Crippen LogP contribution in [0, 0.1) is 0 Å². The van der Waals surface area contributed by atoms with Gasteiger partial charge in [-0.2, -0.15) is 8.42 Å². The van der Waals surface area contributed by atoms with Crippen LogP contribution in [0.1, 0.15) is 108 Å². The van der Waals surface area contributed by atoms with E-state index in [9.17, 15) is 19.8 Å². The molecule has 2 aliphatic heterocycles.